The number of ether oxygens (including phenoxy) is 2. The van der Waals surface area contributed by atoms with Crippen molar-refractivity contribution in [1.82, 2.24) is 0 Å². The fourth-order valence-corrected chi connectivity index (χ4v) is 1.93. The molecule has 1 aromatic rings. The van der Waals surface area contributed by atoms with Crippen molar-refractivity contribution in [2.75, 3.05) is 25.7 Å². The van der Waals surface area contributed by atoms with Crippen molar-refractivity contribution in [3.05, 3.63) is 18.2 Å². The van der Waals surface area contributed by atoms with E-state index in [1.165, 1.54) is 0 Å². The van der Waals surface area contributed by atoms with E-state index < -0.39 is 0 Å². The number of hydrogen-bond acceptors (Lipinski definition) is 4. The average Bonchev–Trinajstić information content (AvgIpc) is 2.67. The zero-order valence-electron chi connectivity index (χ0n) is 9.97. The number of carbonyl (C=O) groups excluding carboxylic acids is 1. The highest BCUT2D eigenvalue weighted by molar-refractivity contribution is 5.96. The highest BCUT2D eigenvalue weighted by Crippen LogP contribution is 2.30. The third-order valence-corrected chi connectivity index (χ3v) is 2.80. The van der Waals surface area contributed by atoms with E-state index in [4.69, 9.17) is 15.2 Å². The Hall–Kier alpha value is -1.75. The molecule has 0 radical (unpaired) electrons. The summed E-state index contributed by atoms with van der Waals surface area (Å²) in [7, 11) is 3.16. The molecule has 1 aliphatic rings. The number of benzene rings is 1. The molecular weight excluding hydrogens is 220 g/mol. The number of anilines is 1. The first-order valence-electron chi connectivity index (χ1n) is 5.43. The Balaban J connectivity index is 2.34. The summed E-state index contributed by atoms with van der Waals surface area (Å²) in [5.41, 5.74) is 6.53. The van der Waals surface area contributed by atoms with E-state index in [2.05, 4.69) is 0 Å². The number of amides is 1. The smallest absolute Gasteiger partial charge is 0.228 e. The zero-order valence-corrected chi connectivity index (χ0v) is 9.97. The number of nitrogens with zero attached hydrogens (tertiary/aromatic N) is 1. The van der Waals surface area contributed by atoms with Crippen LogP contribution < -0.4 is 20.1 Å². The van der Waals surface area contributed by atoms with Crippen molar-refractivity contribution in [3.8, 4) is 11.5 Å². The summed E-state index contributed by atoms with van der Waals surface area (Å²) < 4.78 is 10.3. The second-order valence-corrected chi connectivity index (χ2v) is 4.04. The predicted octanol–water partition coefficient (Wildman–Crippen LogP) is 0.768. The van der Waals surface area contributed by atoms with Crippen molar-refractivity contribution in [2.24, 2.45) is 5.73 Å². The van der Waals surface area contributed by atoms with Crippen LogP contribution in [-0.4, -0.2) is 32.7 Å². The number of carbonyl (C=O) groups is 1. The van der Waals surface area contributed by atoms with Gasteiger partial charge in [-0.2, -0.15) is 0 Å². The third-order valence-electron chi connectivity index (χ3n) is 2.80. The van der Waals surface area contributed by atoms with Gasteiger partial charge in [0.1, 0.15) is 11.5 Å². The Morgan fingerprint density at radius 1 is 1.24 bits per heavy atom. The van der Waals surface area contributed by atoms with Gasteiger partial charge in [0.15, 0.2) is 0 Å². The Kier molecular flexibility index (Phi) is 3.19. The molecular formula is C12H16N2O3. The van der Waals surface area contributed by atoms with E-state index in [-0.39, 0.29) is 11.9 Å². The molecule has 1 fully saturated rings. The lowest BCUT2D eigenvalue weighted by Crippen LogP contribution is -2.27. The fourth-order valence-electron chi connectivity index (χ4n) is 1.93. The summed E-state index contributed by atoms with van der Waals surface area (Å²) in [5, 5.41) is 0. The lowest BCUT2D eigenvalue weighted by molar-refractivity contribution is -0.117. The molecule has 0 bridgehead atoms. The lowest BCUT2D eigenvalue weighted by Gasteiger charge is -2.18. The molecule has 0 spiro atoms. The summed E-state index contributed by atoms with van der Waals surface area (Å²) >= 11 is 0. The van der Waals surface area contributed by atoms with E-state index in [0.717, 1.165) is 5.69 Å². The highest BCUT2D eigenvalue weighted by Gasteiger charge is 2.28. The second-order valence-electron chi connectivity index (χ2n) is 4.04. The van der Waals surface area contributed by atoms with Gasteiger partial charge in [0, 0.05) is 37.2 Å². The molecule has 5 nitrogen and oxygen atoms in total. The molecule has 2 N–H and O–H groups in total. The van der Waals surface area contributed by atoms with Gasteiger partial charge in [-0.3, -0.25) is 4.79 Å². The van der Waals surface area contributed by atoms with E-state index in [1.54, 1.807) is 37.3 Å². The van der Waals surface area contributed by atoms with Crippen LogP contribution in [0.1, 0.15) is 6.42 Å². The lowest BCUT2D eigenvalue weighted by atomic mass is 10.2. The minimum absolute atomic E-state index is 0.0350. The highest BCUT2D eigenvalue weighted by atomic mass is 16.5. The number of rotatable bonds is 3. The van der Waals surface area contributed by atoms with Crippen LogP contribution in [0.25, 0.3) is 0 Å². The minimum atomic E-state index is -0.0975. The molecule has 1 atom stereocenters. The second kappa shape index (κ2) is 4.63. The summed E-state index contributed by atoms with van der Waals surface area (Å²) in [6, 6.07) is 5.28. The van der Waals surface area contributed by atoms with Gasteiger partial charge in [-0.25, -0.2) is 0 Å². The minimum Gasteiger partial charge on any atom is -0.497 e. The van der Waals surface area contributed by atoms with E-state index >= 15 is 0 Å². The molecule has 92 valence electrons. The maximum Gasteiger partial charge on any atom is 0.228 e. The van der Waals surface area contributed by atoms with Crippen LogP contribution in [0.15, 0.2) is 18.2 Å². The molecule has 0 unspecified atom stereocenters. The fraction of sp³-hybridized carbons (Fsp3) is 0.417. The van der Waals surface area contributed by atoms with Crippen molar-refractivity contribution < 1.29 is 14.3 Å². The predicted molar refractivity (Wildman–Crippen MR) is 64.5 cm³/mol. The first-order chi connectivity index (χ1) is 8.13. The standard InChI is InChI=1S/C12H16N2O3/c1-16-10-4-9(5-11(6-10)17-2)14-7-8(13)3-12(14)15/h4-6,8H,3,7,13H2,1-2H3/t8-/m0/s1. The molecule has 1 heterocycles. The number of nitrogens with two attached hydrogens (primary N) is 1. The van der Waals surface area contributed by atoms with Crippen LogP contribution in [0.5, 0.6) is 11.5 Å². The molecule has 17 heavy (non-hydrogen) atoms. The molecule has 0 aromatic heterocycles. The zero-order chi connectivity index (χ0) is 12.4. The summed E-state index contributed by atoms with van der Waals surface area (Å²) in [5.74, 6) is 1.35. The molecule has 1 aromatic carbocycles. The summed E-state index contributed by atoms with van der Waals surface area (Å²) in [4.78, 5) is 13.4. The van der Waals surface area contributed by atoms with Crippen molar-refractivity contribution in [2.45, 2.75) is 12.5 Å². The molecule has 1 saturated heterocycles. The quantitative estimate of drug-likeness (QED) is 0.841. The van der Waals surface area contributed by atoms with Crippen LogP contribution in [0.3, 0.4) is 0 Å². The third kappa shape index (κ3) is 2.34. The van der Waals surface area contributed by atoms with E-state index in [0.29, 0.717) is 24.5 Å². The average molecular weight is 236 g/mol. The normalized spacial score (nSPS) is 19.6. The van der Waals surface area contributed by atoms with Gasteiger partial charge in [0.25, 0.3) is 0 Å². The van der Waals surface area contributed by atoms with Crippen molar-refractivity contribution in [1.29, 1.82) is 0 Å². The van der Waals surface area contributed by atoms with Gasteiger partial charge in [-0.15, -0.1) is 0 Å². The maximum atomic E-state index is 11.7. The Morgan fingerprint density at radius 3 is 2.24 bits per heavy atom. The Morgan fingerprint density at radius 2 is 1.82 bits per heavy atom. The van der Waals surface area contributed by atoms with Crippen LogP contribution in [0.2, 0.25) is 0 Å². The number of hydrogen-bond donors (Lipinski definition) is 1. The van der Waals surface area contributed by atoms with Crippen LogP contribution in [0.4, 0.5) is 5.69 Å². The van der Waals surface area contributed by atoms with Crippen molar-refractivity contribution >= 4 is 11.6 Å². The molecule has 0 saturated carbocycles. The SMILES string of the molecule is COc1cc(OC)cc(N2C[C@@H](N)CC2=O)c1. The first-order valence-corrected chi connectivity index (χ1v) is 5.43. The number of methoxy groups -OCH3 is 2. The van der Waals surface area contributed by atoms with Gasteiger partial charge in [0.05, 0.1) is 19.9 Å². The van der Waals surface area contributed by atoms with Gasteiger partial charge in [-0.1, -0.05) is 0 Å². The molecule has 1 amide bonds. The van der Waals surface area contributed by atoms with Gasteiger partial charge in [0.2, 0.25) is 5.91 Å². The molecule has 2 rings (SSSR count). The summed E-state index contributed by atoms with van der Waals surface area (Å²) in [6.45, 7) is 0.537. The largest absolute Gasteiger partial charge is 0.497 e. The van der Waals surface area contributed by atoms with Crippen LogP contribution >= 0.6 is 0 Å². The van der Waals surface area contributed by atoms with Crippen LogP contribution in [0, 0.1) is 0 Å². The van der Waals surface area contributed by atoms with Gasteiger partial charge >= 0.3 is 0 Å². The first kappa shape index (κ1) is 11.7. The monoisotopic (exact) mass is 236 g/mol. The van der Waals surface area contributed by atoms with Gasteiger partial charge in [-0.05, 0) is 0 Å². The van der Waals surface area contributed by atoms with E-state index in [1.807, 2.05) is 0 Å². The molecule has 5 heteroatoms. The molecule has 1 aliphatic heterocycles. The topological polar surface area (TPSA) is 64.8 Å². The molecule has 0 aliphatic carbocycles. The van der Waals surface area contributed by atoms with Crippen molar-refractivity contribution in [3.63, 3.8) is 0 Å². The summed E-state index contributed by atoms with van der Waals surface area (Å²) in [6.07, 6.45) is 0.388. The maximum absolute atomic E-state index is 11.7. The Labute approximate surface area is 100 Å². The van der Waals surface area contributed by atoms with Gasteiger partial charge < -0.3 is 20.1 Å². The van der Waals surface area contributed by atoms with Crippen LogP contribution in [-0.2, 0) is 4.79 Å². The van der Waals surface area contributed by atoms with E-state index in [9.17, 15) is 4.79 Å². The Bertz CT molecular complexity index is 412.